The van der Waals surface area contributed by atoms with Crippen LogP contribution in [0.2, 0.25) is 0 Å². The van der Waals surface area contributed by atoms with Crippen molar-refractivity contribution in [3.8, 4) is 0 Å². The van der Waals surface area contributed by atoms with Crippen molar-refractivity contribution in [3.63, 3.8) is 0 Å². The third-order valence-electron chi connectivity index (χ3n) is 4.77. The van der Waals surface area contributed by atoms with Crippen LogP contribution in [0.4, 0.5) is 29.3 Å². The Kier molecular flexibility index (Phi) is 5.76. The monoisotopic (exact) mass is 398 g/mol. The summed E-state index contributed by atoms with van der Waals surface area (Å²) in [6.07, 6.45) is -1.55. The molecule has 0 unspecified atom stereocenters. The van der Waals surface area contributed by atoms with Crippen LogP contribution in [-0.4, -0.2) is 48.9 Å². The molecule has 2 aliphatic heterocycles. The smallest absolute Gasteiger partial charge is 0.370 e. The predicted molar refractivity (Wildman–Crippen MR) is 95.9 cm³/mol. The minimum Gasteiger partial charge on any atom is -0.370 e. The second kappa shape index (κ2) is 8.07. The fourth-order valence-corrected chi connectivity index (χ4v) is 3.34. The quantitative estimate of drug-likeness (QED) is 0.817. The highest BCUT2D eigenvalue weighted by atomic mass is 19.4. The van der Waals surface area contributed by atoms with Crippen molar-refractivity contribution in [2.75, 3.05) is 36.4 Å². The lowest BCUT2D eigenvalue weighted by molar-refractivity contribution is -0.137. The van der Waals surface area contributed by atoms with Crippen LogP contribution in [0.5, 0.6) is 0 Å². The van der Waals surface area contributed by atoms with E-state index in [1.165, 1.54) is 6.07 Å². The van der Waals surface area contributed by atoms with Crippen LogP contribution in [-0.2, 0) is 15.8 Å². The molecule has 0 bridgehead atoms. The summed E-state index contributed by atoms with van der Waals surface area (Å²) in [4.78, 5) is 38.4. The number of urea groups is 1. The molecule has 7 nitrogen and oxygen atoms in total. The molecule has 28 heavy (non-hydrogen) atoms. The van der Waals surface area contributed by atoms with Crippen LogP contribution < -0.4 is 15.5 Å². The van der Waals surface area contributed by atoms with E-state index >= 15 is 0 Å². The molecule has 0 aliphatic carbocycles. The molecule has 3 rings (SSSR count). The van der Waals surface area contributed by atoms with Crippen LogP contribution in [0.15, 0.2) is 18.2 Å². The van der Waals surface area contributed by atoms with Crippen molar-refractivity contribution in [2.45, 2.75) is 31.9 Å². The molecule has 0 atom stereocenters. The van der Waals surface area contributed by atoms with Gasteiger partial charge in [0, 0.05) is 26.1 Å². The first-order valence-corrected chi connectivity index (χ1v) is 9.09. The number of rotatable bonds is 4. The van der Waals surface area contributed by atoms with Crippen LogP contribution in [0.3, 0.4) is 0 Å². The van der Waals surface area contributed by atoms with E-state index < -0.39 is 29.6 Å². The maximum atomic E-state index is 13.1. The van der Waals surface area contributed by atoms with Gasteiger partial charge in [-0.05, 0) is 37.5 Å². The van der Waals surface area contributed by atoms with E-state index in [2.05, 4.69) is 10.6 Å². The number of hydrogen-bond acceptors (Lipinski definition) is 4. The molecule has 4 amide bonds. The van der Waals surface area contributed by atoms with Crippen molar-refractivity contribution in [3.05, 3.63) is 23.8 Å². The van der Waals surface area contributed by atoms with Crippen LogP contribution in [0, 0.1) is 0 Å². The van der Waals surface area contributed by atoms with Gasteiger partial charge in [0.05, 0.1) is 16.9 Å². The normalized spacial score (nSPS) is 18.1. The zero-order valence-corrected chi connectivity index (χ0v) is 15.1. The van der Waals surface area contributed by atoms with Crippen molar-refractivity contribution in [1.82, 2.24) is 10.2 Å². The first-order valence-electron chi connectivity index (χ1n) is 9.09. The number of carbonyl (C=O) groups is 3. The summed E-state index contributed by atoms with van der Waals surface area (Å²) in [6, 6.07) is 2.60. The molecular formula is C18H21F3N4O3. The number of nitrogens with zero attached hydrogens (tertiary/aromatic N) is 2. The van der Waals surface area contributed by atoms with Gasteiger partial charge in [-0.15, -0.1) is 0 Å². The summed E-state index contributed by atoms with van der Waals surface area (Å²) < 4.78 is 39.4. The molecular weight excluding hydrogens is 377 g/mol. The number of nitrogens with one attached hydrogen (secondary N) is 2. The fourth-order valence-electron chi connectivity index (χ4n) is 3.34. The average molecular weight is 398 g/mol. The molecule has 10 heteroatoms. The van der Waals surface area contributed by atoms with E-state index in [1.54, 1.807) is 0 Å². The first-order chi connectivity index (χ1) is 13.2. The molecule has 2 heterocycles. The number of carbonyl (C=O) groups excluding carboxylic acids is 3. The van der Waals surface area contributed by atoms with Crippen LogP contribution in [0.25, 0.3) is 0 Å². The van der Waals surface area contributed by atoms with Gasteiger partial charge >= 0.3 is 12.2 Å². The number of anilines is 2. The third-order valence-corrected chi connectivity index (χ3v) is 4.77. The minimum atomic E-state index is -4.53. The summed E-state index contributed by atoms with van der Waals surface area (Å²) in [6.45, 7) is 1.13. The lowest BCUT2D eigenvalue weighted by Crippen LogP contribution is -2.51. The Morgan fingerprint density at radius 1 is 1.11 bits per heavy atom. The highest BCUT2D eigenvalue weighted by molar-refractivity contribution is 6.01. The highest BCUT2D eigenvalue weighted by Crippen LogP contribution is 2.36. The van der Waals surface area contributed by atoms with Crippen LogP contribution in [0.1, 0.15) is 31.2 Å². The summed E-state index contributed by atoms with van der Waals surface area (Å²) in [5, 5.41) is 4.61. The van der Waals surface area contributed by atoms with E-state index in [0.29, 0.717) is 18.8 Å². The third kappa shape index (κ3) is 4.73. The summed E-state index contributed by atoms with van der Waals surface area (Å²) in [5.74, 6) is -1.05. The SMILES string of the molecule is O=C1CCN(CC(=O)Nc2cc(C(F)(F)F)ccc2N2CCCCC2)C(=O)N1. The maximum absolute atomic E-state index is 13.1. The Morgan fingerprint density at radius 2 is 1.82 bits per heavy atom. The fraction of sp³-hybridized carbons (Fsp3) is 0.500. The Morgan fingerprint density at radius 3 is 2.46 bits per heavy atom. The van der Waals surface area contributed by atoms with E-state index in [-0.39, 0.29) is 25.2 Å². The van der Waals surface area contributed by atoms with Gasteiger partial charge in [0.15, 0.2) is 0 Å². The average Bonchev–Trinajstić information content (AvgIpc) is 2.64. The molecule has 152 valence electrons. The first kappa shape index (κ1) is 20.0. The molecule has 0 radical (unpaired) electrons. The zero-order chi connectivity index (χ0) is 20.3. The molecule has 0 saturated carbocycles. The standard InChI is InChI=1S/C18H21F3N4O3/c19-18(20,21)12-4-5-14(24-7-2-1-3-8-24)13(10-12)22-16(27)11-25-9-6-15(26)23-17(25)28/h4-5,10H,1-3,6-9,11H2,(H,22,27)(H,23,26,28). The number of imide groups is 1. The summed E-state index contributed by atoms with van der Waals surface area (Å²) in [7, 11) is 0. The molecule has 1 aromatic carbocycles. The van der Waals surface area contributed by atoms with Crippen molar-refractivity contribution < 1.29 is 27.6 Å². The van der Waals surface area contributed by atoms with Crippen molar-refractivity contribution in [2.24, 2.45) is 0 Å². The molecule has 2 N–H and O–H groups in total. The maximum Gasteiger partial charge on any atom is 0.416 e. The molecule has 0 spiro atoms. The van der Waals surface area contributed by atoms with Gasteiger partial charge < -0.3 is 15.1 Å². The van der Waals surface area contributed by atoms with E-state index in [9.17, 15) is 27.6 Å². The van der Waals surface area contributed by atoms with Gasteiger partial charge in [0.2, 0.25) is 11.8 Å². The minimum absolute atomic E-state index is 0.0650. The zero-order valence-electron chi connectivity index (χ0n) is 15.1. The van der Waals surface area contributed by atoms with Crippen molar-refractivity contribution >= 4 is 29.2 Å². The Balaban J connectivity index is 1.78. The van der Waals surface area contributed by atoms with Crippen molar-refractivity contribution in [1.29, 1.82) is 0 Å². The van der Waals surface area contributed by atoms with Gasteiger partial charge in [0.1, 0.15) is 6.54 Å². The molecule has 1 aromatic rings. The number of alkyl halides is 3. The van der Waals surface area contributed by atoms with Gasteiger partial charge in [-0.25, -0.2) is 4.79 Å². The lowest BCUT2D eigenvalue weighted by Gasteiger charge is -2.31. The van der Waals surface area contributed by atoms with Gasteiger partial charge in [0.25, 0.3) is 0 Å². The van der Waals surface area contributed by atoms with Gasteiger partial charge in [-0.2, -0.15) is 13.2 Å². The van der Waals surface area contributed by atoms with Gasteiger partial charge in [-0.1, -0.05) is 0 Å². The second-order valence-electron chi connectivity index (χ2n) is 6.85. The van der Waals surface area contributed by atoms with Crippen LogP contribution >= 0.6 is 0 Å². The van der Waals surface area contributed by atoms with E-state index in [1.807, 2.05) is 4.90 Å². The Hall–Kier alpha value is -2.78. The summed E-state index contributed by atoms with van der Waals surface area (Å²) in [5.41, 5.74) is -0.264. The number of hydrogen-bond donors (Lipinski definition) is 2. The van der Waals surface area contributed by atoms with Gasteiger partial charge in [-0.3, -0.25) is 14.9 Å². The predicted octanol–water partition coefficient (Wildman–Crippen LogP) is 2.58. The Labute approximate surface area is 159 Å². The number of amides is 4. The molecule has 0 aromatic heterocycles. The summed E-state index contributed by atoms with van der Waals surface area (Å²) >= 11 is 0. The number of benzene rings is 1. The molecule has 2 fully saturated rings. The highest BCUT2D eigenvalue weighted by Gasteiger charge is 2.32. The Bertz CT molecular complexity index is 776. The largest absolute Gasteiger partial charge is 0.416 e. The molecule has 2 saturated heterocycles. The second-order valence-corrected chi connectivity index (χ2v) is 6.85. The number of halogens is 3. The lowest BCUT2D eigenvalue weighted by atomic mass is 10.1. The van der Waals surface area contributed by atoms with E-state index in [0.717, 1.165) is 36.3 Å². The number of piperidine rings is 1. The van der Waals surface area contributed by atoms with E-state index in [4.69, 9.17) is 0 Å². The topological polar surface area (TPSA) is 81.8 Å². The molecule has 2 aliphatic rings.